The van der Waals surface area contributed by atoms with E-state index in [-0.39, 0.29) is 17.9 Å². The molecule has 1 aliphatic heterocycles. The Morgan fingerprint density at radius 2 is 2.04 bits per heavy atom. The third kappa shape index (κ3) is 4.32. The van der Waals surface area contributed by atoms with E-state index in [1.807, 2.05) is 11.0 Å². The van der Waals surface area contributed by atoms with Crippen LogP contribution in [0.5, 0.6) is 0 Å². The molecule has 1 aromatic heterocycles. The van der Waals surface area contributed by atoms with Crippen LogP contribution in [0, 0.1) is 11.3 Å². The number of carbonyl (C=O) groups is 2. The van der Waals surface area contributed by atoms with Gasteiger partial charge in [-0.15, -0.1) is 0 Å². The van der Waals surface area contributed by atoms with Gasteiger partial charge in [0.1, 0.15) is 5.69 Å². The second kappa shape index (κ2) is 8.45. The van der Waals surface area contributed by atoms with Gasteiger partial charge < -0.3 is 10.2 Å². The number of benzene rings is 1. The molecule has 3 rings (SSSR count). The Morgan fingerprint density at radius 3 is 2.74 bits per heavy atom. The number of likely N-dealkylation sites (tertiary alicyclic amines) is 1. The maximum Gasteiger partial charge on any atom is 0.272 e. The molecule has 0 aliphatic carbocycles. The van der Waals surface area contributed by atoms with E-state index in [0.717, 1.165) is 32.2 Å². The predicted octanol–water partition coefficient (Wildman–Crippen LogP) is 3.61. The summed E-state index contributed by atoms with van der Waals surface area (Å²) < 4.78 is 0. The molecule has 1 aliphatic rings. The number of carbonyl (C=O) groups excluding carboxylic acids is 2. The van der Waals surface area contributed by atoms with E-state index in [1.165, 1.54) is 6.20 Å². The van der Waals surface area contributed by atoms with Crippen LogP contribution in [0.4, 0.5) is 5.69 Å². The van der Waals surface area contributed by atoms with Gasteiger partial charge in [-0.25, -0.2) is 0 Å². The molecule has 2 heterocycles. The molecule has 0 radical (unpaired) electrons. The quantitative estimate of drug-likeness (QED) is 0.900. The summed E-state index contributed by atoms with van der Waals surface area (Å²) in [4.78, 5) is 31.5. The molecule has 0 spiro atoms. The van der Waals surface area contributed by atoms with Crippen molar-refractivity contribution >= 4 is 17.5 Å². The summed E-state index contributed by atoms with van der Waals surface area (Å²) in [7, 11) is 0. The summed E-state index contributed by atoms with van der Waals surface area (Å²) in [6.07, 6.45) is 5.57. The largest absolute Gasteiger partial charge is 0.334 e. The highest BCUT2D eigenvalue weighted by molar-refractivity contribution is 6.05. The van der Waals surface area contributed by atoms with Crippen molar-refractivity contribution in [2.24, 2.45) is 0 Å². The summed E-state index contributed by atoms with van der Waals surface area (Å²) in [6, 6.07) is 12.0. The van der Waals surface area contributed by atoms with Crippen LogP contribution >= 0.6 is 0 Å². The molecule has 1 unspecified atom stereocenters. The lowest BCUT2D eigenvalue weighted by atomic mass is 9.99. The Labute approximate surface area is 158 Å². The highest BCUT2D eigenvalue weighted by atomic mass is 16.2. The van der Waals surface area contributed by atoms with Gasteiger partial charge in [0.05, 0.1) is 11.6 Å². The lowest BCUT2D eigenvalue weighted by Gasteiger charge is -2.35. The van der Waals surface area contributed by atoms with Crippen molar-refractivity contribution in [1.29, 1.82) is 5.26 Å². The number of nitrogens with zero attached hydrogens (tertiary/aromatic N) is 3. The first-order chi connectivity index (χ1) is 13.1. The SMILES string of the molecule is CCC1CCCCN1C(=O)c1cc(C(=O)Nc2ccc(C#N)cc2)ccn1. The van der Waals surface area contributed by atoms with Crippen LogP contribution in [0.3, 0.4) is 0 Å². The van der Waals surface area contributed by atoms with Crippen LogP contribution in [-0.4, -0.2) is 34.3 Å². The zero-order valence-electron chi connectivity index (χ0n) is 15.3. The fraction of sp³-hybridized carbons (Fsp3) is 0.333. The van der Waals surface area contributed by atoms with Crippen molar-refractivity contribution in [3.8, 4) is 6.07 Å². The Morgan fingerprint density at radius 1 is 1.26 bits per heavy atom. The van der Waals surface area contributed by atoms with Gasteiger partial charge in [-0.3, -0.25) is 14.6 Å². The predicted molar refractivity (Wildman–Crippen MR) is 102 cm³/mol. The van der Waals surface area contributed by atoms with Crippen LogP contribution in [-0.2, 0) is 0 Å². The fourth-order valence-electron chi connectivity index (χ4n) is 3.36. The Balaban J connectivity index is 1.75. The first kappa shape index (κ1) is 18.6. The third-order valence-electron chi connectivity index (χ3n) is 4.87. The molecular formula is C21H22N4O2. The second-order valence-electron chi connectivity index (χ2n) is 6.63. The number of rotatable bonds is 4. The standard InChI is InChI=1S/C21H22N4O2/c1-2-18-5-3-4-12-25(18)21(27)19-13-16(10-11-23-19)20(26)24-17-8-6-15(14-22)7-9-17/h6-11,13,18H,2-5,12H2,1H3,(H,24,26). The van der Waals surface area contributed by atoms with Gasteiger partial charge in [0, 0.05) is 30.0 Å². The van der Waals surface area contributed by atoms with Crippen molar-refractivity contribution in [2.45, 2.75) is 38.6 Å². The molecule has 6 heteroatoms. The average Bonchev–Trinajstić information content (AvgIpc) is 2.73. The first-order valence-corrected chi connectivity index (χ1v) is 9.21. The Hall–Kier alpha value is -3.20. The summed E-state index contributed by atoms with van der Waals surface area (Å²) >= 11 is 0. The van der Waals surface area contributed by atoms with Gasteiger partial charge in [0.15, 0.2) is 0 Å². The molecule has 27 heavy (non-hydrogen) atoms. The number of nitrogens with one attached hydrogen (secondary N) is 1. The zero-order valence-corrected chi connectivity index (χ0v) is 15.3. The number of nitriles is 1. The number of aromatic nitrogens is 1. The summed E-state index contributed by atoms with van der Waals surface area (Å²) in [5, 5.41) is 11.6. The van der Waals surface area contributed by atoms with E-state index in [0.29, 0.717) is 22.5 Å². The molecule has 2 aromatic rings. The van der Waals surface area contributed by atoms with Crippen LogP contribution in [0.15, 0.2) is 42.6 Å². The molecule has 6 nitrogen and oxygen atoms in total. The third-order valence-corrected chi connectivity index (χ3v) is 4.87. The smallest absolute Gasteiger partial charge is 0.272 e. The van der Waals surface area contributed by atoms with Crippen molar-refractivity contribution in [3.05, 3.63) is 59.4 Å². The van der Waals surface area contributed by atoms with Crippen molar-refractivity contribution in [2.75, 3.05) is 11.9 Å². The van der Waals surface area contributed by atoms with E-state index < -0.39 is 0 Å². The summed E-state index contributed by atoms with van der Waals surface area (Å²) in [6.45, 7) is 2.83. The maximum absolute atomic E-state index is 12.9. The van der Waals surface area contributed by atoms with Crippen LogP contribution in [0.25, 0.3) is 0 Å². The van der Waals surface area contributed by atoms with Crippen molar-refractivity contribution in [3.63, 3.8) is 0 Å². The van der Waals surface area contributed by atoms with Crippen LogP contribution in [0.2, 0.25) is 0 Å². The minimum Gasteiger partial charge on any atom is -0.334 e. The highest BCUT2D eigenvalue weighted by Gasteiger charge is 2.27. The molecule has 2 amide bonds. The number of piperidine rings is 1. The minimum atomic E-state index is -0.318. The Kier molecular flexibility index (Phi) is 5.82. The van der Waals surface area contributed by atoms with E-state index in [1.54, 1.807) is 36.4 Å². The number of hydrogen-bond donors (Lipinski definition) is 1. The zero-order chi connectivity index (χ0) is 19.2. The monoisotopic (exact) mass is 362 g/mol. The van der Waals surface area contributed by atoms with E-state index >= 15 is 0 Å². The molecule has 138 valence electrons. The first-order valence-electron chi connectivity index (χ1n) is 9.21. The fourth-order valence-corrected chi connectivity index (χ4v) is 3.36. The van der Waals surface area contributed by atoms with Gasteiger partial charge in [-0.2, -0.15) is 5.26 Å². The van der Waals surface area contributed by atoms with Gasteiger partial charge in [0.2, 0.25) is 0 Å². The van der Waals surface area contributed by atoms with Crippen LogP contribution in [0.1, 0.15) is 59.0 Å². The molecule has 1 fully saturated rings. The topological polar surface area (TPSA) is 86.1 Å². The number of pyridine rings is 1. The molecule has 1 atom stereocenters. The van der Waals surface area contributed by atoms with Gasteiger partial charge in [0.25, 0.3) is 11.8 Å². The van der Waals surface area contributed by atoms with Gasteiger partial charge in [-0.05, 0) is 62.1 Å². The number of hydrogen-bond acceptors (Lipinski definition) is 4. The number of anilines is 1. The Bertz CT molecular complexity index is 870. The van der Waals surface area contributed by atoms with Crippen molar-refractivity contribution in [1.82, 2.24) is 9.88 Å². The minimum absolute atomic E-state index is 0.116. The normalized spacial score (nSPS) is 16.4. The van der Waals surface area contributed by atoms with E-state index in [2.05, 4.69) is 17.2 Å². The van der Waals surface area contributed by atoms with Crippen LogP contribution < -0.4 is 5.32 Å². The van der Waals surface area contributed by atoms with E-state index in [4.69, 9.17) is 5.26 Å². The molecular weight excluding hydrogens is 340 g/mol. The van der Waals surface area contributed by atoms with Gasteiger partial charge in [-0.1, -0.05) is 6.92 Å². The molecule has 0 bridgehead atoms. The molecule has 1 saturated heterocycles. The van der Waals surface area contributed by atoms with Crippen molar-refractivity contribution < 1.29 is 9.59 Å². The van der Waals surface area contributed by atoms with E-state index in [9.17, 15) is 9.59 Å². The maximum atomic E-state index is 12.9. The lowest BCUT2D eigenvalue weighted by molar-refractivity contribution is 0.0602. The second-order valence-corrected chi connectivity index (χ2v) is 6.63. The highest BCUT2D eigenvalue weighted by Crippen LogP contribution is 2.21. The number of amides is 2. The summed E-state index contributed by atoms with van der Waals surface area (Å²) in [5.74, 6) is -0.434. The average molecular weight is 362 g/mol. The molecule has 1 aromatic carbocycles. The lowest BCUT2D eigenvalue weighted by Crippen LogP contribution is -2.43. The van der Waals surface area contributed by atoms with Gasteiger partial charge >= 0.3 is 0 Å². The molecule has 1 N–H and O–H groups in total. The molecule has 0 saturated carbocycles. The summed E-state index contributed by atoms with van der Waals surface area (Å²) in [5.41, 5.74) is 1.79.